The minimum absolute atomic E-state index is 0.0216. The number of carbonyl (C=O) groups is 1. The van der Waals surface area contributed by atoms with Crippen LogP contribution in [0.5, 0.6) is 0 Å². The van der Waals surface area contributed by atoms with Crippen molar-refractivity contribution in [2.75, 3.05) is 20.1 Å². The van der Waals surface area contributed by atoms with Crippen molar-refractivity contribution in [2.45, 2.75) is 52.3 Å². The van der Waals surface area contributed by atoms with Gasteiger partial charge in [0.25, 0.3) is 0 Å². The molecule has 2 aromatic rings. The normalized spacial score (nSPS) is 17.2. The first-order valence-electron chi connectivity index (χ1n) is 10.2. The minimum Gasteiger partial charge on any atom is -0.444 e. The SMILES string of the molecule is CN=C(NCc1ncc(-c2ccc(C)cc2)o1)N1CCC(NC(=O)OC(C)(C)C)C1. The number of guanidine groups is 1. The van der Waals surface area contributed by atoms with Gasteiger partial charge in [-0.2, -0.15) is 0 Å². The van der Waals surface area contributed by atoms with Gasteiger partial charge in [-0.1, -0.05) is 29.8 Å². The molecule has 1 aliphatic rings. The van der Waals surface area contributed by atoms with E-state index < -0.39 is 5.60 Å². The van der Waals surface area contributed by atoms with E-state index in [1.807, 2.05) is 45.0 Å². The molecule has 1 saturated heterocycles. The molecule has 1 aromatic heterocycles. The first-order chi connectivity index (χ1) is 14.2. The van der Waals surface area contributed by atoms with Gasteiger partial charge in [0.15, 0.2) is 11.7 Å². The van der Waals surface area contributed by atoms with Gasteiger partial charge in [-0.15, -0.1) is 0 Å². The van der Waals surface area contributed by atoms with Crippen molar-refractivity contribution in [1.82, 2.24) is 20.5 Å². The van der Waals surface area contributed by atoms with Crippen molar-refractivity contribution in [3.63, 3.8) is 0 Å². The van der Waals surface area contributed by atoms with Crippen molar-refractivity contribution in [3.8, 4) is 11.3 Å². The lowest BCUT2D eigenvalue weighted by Crippen LogP contribution is -2.44. The number of aliphatic imine (C=N–C) groups is 1. The molecule has 1 unspecified atom stereocenters. The molecule has 2 N–H and O–H groups in total. The lowest BCUT2D eigenvalue weighted by Gasteiger charge is -2.23. The number of nitrogens with one attached hydrogen (secondary N) is 2. The van der Waals surface area contributed by atoms with Crippen molar-refractivity contribution in [2.24, 2.45) is 4.99 Å². The molecular weight excluding hydrogens is 382 g/mol. The zero-order valence-corrected chi connectivity index (χ0v) is 18.4. The van der Waals surface area contributed by atoms with Crippen LogP contribution in [0.2, 0.25) is 0 Å². The highest BCUT2D eigenvalue weighted by molar-refractivity contribution is 5.80. The van der Waals surface area contributed by atoms with E-state index in [4.69, 9.17) is 9.15 Å². The molecule has 0 spiro atoms. The van der Waals surface area contributed by atoms with Gasteiger partial charge in [0.1, 0.15) is 5.60 Å². The van der Waals surface area contributed by atoms with Crippen LogP contribution in [0.3, 0.4) is 0 Å². The number of likely N-dealkylation sites (tertiary alicyclic amines) is 1. The van der Waals surface area contributed by atoms with Crippen molar-refractivity contribution < 1.29 is 13.9 Å². The van der Waals surface area contributed by atoms with E-state index in [2.05, 4.69) is 32.4 Å². The summed E-state index contributed by atoms with van der Waals surface area (Å²) in [5.41, 5.74) is 1.70. The van der Waals surface area contributed by atoms with Crippen LogP contribution in [0.4, 0.5) is 4.79 Å². The molecule has 1 aromatic carbocycles. The number of hydrogen-bond donors (Lipinski definition) is 2. The Kier molecular flexibility index (Phi) is 6.64. The predicted octanol–water partition coefficient (Wildman–Crippen LogP) is 3.32. The van der Waals surface area contributed by atoms with Crippen molar-refractivity contribution >= 4 is 12.1 Å². The highest BCUT2D eigenvalue weighted by atomic mass is 16.6. The summed E-state index contributed by atoms with van der Waals surface area (Å²) in [7, 11) is 1.74. The van der Waals surface area contributed by atoms with Gasteiger partial charge < -0.3 is 24.7 Å². The number of aryl methyl sites for hydroxylation is 1. The maximum atomic E-state index is 12.0. The van der Waals surface area contributed by atoms with Crippen LogP contribution < -0.4 is 10.6 Å². The number of amides is 1. The zero-order valence-electron chi connectivity index (χ0n) is 18.4. The summed E-state index contributed by atoms with van der Waals surface area (Å²) < 4.78 is 11.2. The summed E-state index contributed by atoms with van der Waals surface area (Å²) in [6.45, 7) is 9.50. The molecule has 2 heterocycles. The molecular formula is C22H31N5O3. The number of alkyl carbamates (subject to hydrolysis) is 1. The van der Waals surface area contributed by atoms with E-state index in [0.29, 0.717) is 19.0 Å². The number of oxazole rings is 1. The van der Waals surface area contributed by atoms with Crippen LogP contribution in [-0.4, -0.2) is 53.7 Å². The molecule has 1 aliphatic heterocycles. The summed E-state index contributed by atoms with van der Waals surface area (Å²) in [5, 5.41) is 6.22. The molecule has 1 amide bonds. The third-order valence-electron chi connectivity index (χ3n) is 4.71. The third-order valence-corrected chi connectivity index (χ3v) is 4.71. The van der Waals surface area contributed by atoms with E-state index >= 15 is 0 Å². The Bertz CT molecular complexity index is 883. The predicted molar refractivity (Wildman–Crippen MR) is 116 cm³/mol. The van der Waals surface area contributed by atoms with Gasteiger partial charge in [0.2, 0.25) is 5.89 Å². The number of benzene rings is 1. The van der Waals surface area contributed by atoms with Gasteiger partial charge in [0, 0.05) is 25.7 Å². The summed E-state index contributed by atoms with van der Waals surface area (Å²) in [4.78, 5) is 22.8. The first-order valence-corrected chi connectivity index (χ1v) is 10.2. The van der Waals surface area contributed by atoms with E-state index in [-0.39, 0.29) is 12.1 Å². The van der Waals surface area contributed by atoms with E-state index in [1.54, 1.807) is 13.2 Å². The van der Waals surface area contributed by atoms with Crippen LogP contribution in [0, 0.1) is 6.92 Å². The lowest BCUT2D eigenvalue weighted by atomic mass is 10.1. The van der Waals surface area contributed by atoms with Gasteiger partial charge in [-0.05, 0) is 34.1 Å². The quantitative estimate of drug-likeness (QED) is 0.590. The average Bonchev–Trinajstić information content (AvgIpc) is 3.31. The number of rotatable bonds is 4. The first kappa shape index (κ1) is 21.7. The standard InChI is InChI=1S/C22H31N5O3/c1-15-6-8-16(9-7-15)18-12-24-19(29-18)13-25-20(23-5)27-11-10-17(14-27)26-21(28)30-22(2,3)4/h6-9,12,17H,10-11,13-14H2,1-5H3,(H,23,25)(H,26,28). The second-order valence-electron chi connectivity index (χ2n) is 8.46. The fraction of sp³-hybridized carbons (Fsp3) is 0.500. The molecule has 1 atom stereocenters. The van der Waals surface area contributed by atoms with Crippen LogP contribution in [0.25, 0.3) is 11.3 Å². The Morgan fingerprint density at radius 3 is 2.73 bits per heavy atom. The molecule has 8 nitrogen and oxygen atoms in total. The summed E-state index contributed by atoms with van der Waals surface area (Å²) in [6.07, 6.45) is 2.18. The number of aromatic nitrogens is 1. The molecule has 0 radical (unpaired) electrons. The van der Waals surface area contributed by atoms with Crippen LogP contribution in [0.1, 0.15) is 38.6 Å². The molecule has 162 valence electrons. The Hall–Kier alpha value is -3.03. The highest BCUT2D eigenvalue weighted by Crippen LogP contribution is 2.20. The van der Waals surface area contributed by atoms with E-state index in [1.165, 1.54) is 5.56 Å². The number of ether oxygens (including phenoxy) is 1. The van der Waals surface area contributed by atoms with E-state index in [9.17, 15) is 4.79 Å². The fourth-order valence-corrected chi connectivity index (χ4v) is 3.27. The molecule has 0 bridgehead atoms. The molecule has 0 aliphatic carbocycles. The molecule has 3 rings (SSSR count). The molecule has 8 heteroatoms. The van der Waals surface area contributed by atoms with E-state index in [0.717, 1.165) is 30.2 Å². The monoisotopic (exact) mass is 413 g/mol. The van der Waals surface area contributed by atoms with Crippen molar-refractivity contribution in [3.05, 3.63) is 41.9 Å². The second-order valence-corrected chi connectivity index (χ2v) is 8.46. The number of carbonyl (C=O) groups excluding carboxylic acids is 1. The summed E-state index contributed by atoms with van der Waals surface area (Å²) in [6, 6.07) is 8.16. The van der Waals surface area contributed by atoms with Crippen LogP contribution >= 0.6 is 0 Å². The minimum atomic E-state index is -0.507. The van der Waals surface area contributed by atoms with Gasteiger partial charge in [-0.25, -0.2) is 9.78 Å². The Labute approximate surface area is 177 Å². The Balaban J connectivity index is 1.51. The topological polar surface area (TPSA) is 92.0 Å². The van der Waals surface area contributed by atoms with Crippen LogP contribution in [0.15, 0.2) is 39.9 Å². The fourth-order valence-electron chi connectivity index (χ4n) is 3.27. The summed E-state index contributed by atoms with van der Waals surface area (Å²) >= 11 is 0. The maximum absolute atomic E-state index is 12.0. The number of nitrogens with zero attached hydrogens (tertiary/aromatic N) is 3. The highest BCUT2D eigenvalue weighted by Gasteiger charge is 2.28. The number of hydrogen-bond acceptors (Lipinski definition) is 5. The molecule has 1 fully saturated rings. The smallest absolute Gasteiger partial charge is 0.407 e. The van der Waals surface area contributed by atoms with Gasteiger partial charge >= 0.3 is 6.09 Å². The third kappa shape index (κ3) is 5.98. The maximum Gasteiger partial charge on any atom is 0.407 e. The molecule has 0 saturated carbocycles. The second kappa shape index (κ2) is 9.19. The Morgan fingerprint density at radius 1 is 1.33 bits per heavy atom. The molecule has 30 heavy (non-hydrogen) atoms. The Morgan fingerprint density at radius 2 is 2.07 bits per heavy atom. The summed E-state index contributed by atoms with van der Waals surface area (Å²) in [5.74, 6) is 2.08. The largest absolute Gasteiger partial charge is 0.444 e. The van der Waals surface area contributed by atoms with Gasteiger partial charge in [-0.3, -0.25) is 4.99 Å². The van der Waals surface area contributed by atoms with Gasteiger partial charge in [0.05, 0.1) is 18.8 Å². The zero-order chi connectivity index (χ0) is 21.7. The average molecular weight is 414 g/mol. The lowest BCUT2D eigenvalue weighted by molar-refractivity contribution is 0.0507. The van der Waals surface area contributed by atoms with Crippen molar-refractivity contribution in [1.29, 1.82) is 0 Å². The van der Waals surface area contributed by atoms with Crippen LogP contribution in [-0.2, 0) is 11.3 Å².